The van der Waals surface area contributed by atoms with Gasteiger partial charge in [0.05, 0.1) is 5.71 Å². The zero-order chi connectivity index (χ0) is 13.9. The molecule has 0 aliphatic rings. The molecule has 100 valence electrons. The van der Waals surface area contributed by atoms with Crippen LogP contribution in [0, 0.1) is 0 Å². The summed E-state index contributed by atoms with van der Waals surface area (Å²) in [6.45, 7) is 2.66. The van der Waals surface area contributed by atoms with Crippen LogP contribution in [0.1, 0.15) is 13.8 Å². The number of hydrogen-bond acceptors (Lipinski definition) is 3. The van der Waals surface area contributed by atoms with Crippen LogP contribution in [-0.2, 0) is 4.84 Å². The van der Waals surface area contributed by atoms with Crippen molar-refractivity contribution in [2.24, 2.45) is 5.16 Å². The van der Waals surface area contributed by atoms with E-state index < -0.39 is 24.5 Å². The lowest BCUT2D eigenvalue weighted by Crippen LogP contribution is -2.54. The maximum absolute atomic E-state index is 11.9. The van der Waals surface area contributed by atoms with Crippen molar-refractivity contribution < 1.29 is 36.0 Å². The molecule has 0 rings (SSSR count). The van der Waals surface area contributed by atoms with Crippen molar-refractivity contribution in [2.75, 3.05) is 0 Å². The Morgan fingerprint density at radius 1 is 1.12 bits per heavy atom. The second kappa shape index (κ2) is 5.23. The van der Waals surface area contributed by atoms with Gasteiger partial charge in [-0.15, -0.1) is 0 Å². The lowest BCUT2D eigenvalue weighted by Gasteiger charge is -2.22. The maximum atomic E-state index is 11.9. The average Bonchev–Trinajstić information content (AvgIpc) is 2.07. The van der Waals surface area contributed by atoms with Gasteiger partial charge in [-0.25, -0.2) is 4.79 Å². The molecule has 17 heavy (non-hydrogen) atoms. The first-order valence-electron chi connectivity index (χ1n) is 4.06. The van der Waals surface area contributed by atoms with Gasteiger partial charge in [0.1, 0.15) is 0 Å². The van der Waals surface area contributed by atoms with E-state index in [1.165, 1.54) is 13.8 Å². The van der Waals surface area contributed by atoms with E-state index in [1.54, 1.807) is 0 Å². The predicted molar refractivity (Wildman–Crippen MR) is 44.3 cm³/mol. The third kappa shape index (κ3) is 5.97. The van der Waals surface area contributed by atoms with Gasteiger partial charge in [-0.05, 0) is 13.8 Å². The number of carbonyl (C=O) groups excluding carboxylic acids is 1. The fraction of sp³-hybridized carbons (Fsp3) is 0.714. The van der Waals surface area contributed by atoms with Crippen LogP contribution < -0.4 is 5.32 Å². The summed E-state index contributed by atoms with van der Waals surface area (Å²) in [6.07, 6.45) is -13.3. The molecule has 0 spiro atoms. The predicted octanol–water partition coefficient (Wildman–Crippen LogP) is 2.60. The molecule has 0 bridgehead atoms. The van der Waals surface area contributed by atoms with Gasteiger partial charge in [0, 0.05) is 0 Å². The van der Waals surface area contributed by atoms with Crippen LogP contribution >= 0.6 is 0 Å². The molecule has 0 aromatic rings. The quantitative estimate of drug-likeness (QED) is 0.361. The normalized spacial score (nSPS) is 12.3. The van der Waals surface area contributed by atoms with Crippen molar-refractivity contribution in [3.63, 3.8) is 0 Å². The number of nitrogens with one attached hydrogen (secondary N) is 1. The Morgan fingerprint density at radius 3 is 1.82 bits per heavy atom. The summed E-state index contributed by atoms with van der Waals surface area (Å²) in [6, 6.07) is -3.99. The number of hydrogen-bond donors (Lipinski definition) is 1. The highest BCUT2D eigenvalue weighted by atomic mass is 19.4. The van der Waals surface area contributed by atoms with Crippen LogP contribution in [0.5, 0.6) is 0 Å². The first-order valence-corrected chi connectivity index (χ1v) is 4.06. The molecule has 0 aliphatic carbocycles. The van der Waals surface area contributed by atoms with Gasteiger partial charge in [0.2, 0.25) is 6.04 Å². The van der Waals surface area contributed by atoms with Crippen LogP contribution in [0.25, 0.3) is 0 Å². The molecule has 0 aromatic carbocycles. The molecule has 10 heteroatoms. The lowest BCUT2D eigenvalue weighted by atomic mass is 10.3. The fourth-order valence-corrected chi connectivity index (χ4v) is 0.626. The zero-order valence-electron chi connectivity index (χ0n) is 8.61. The molecular weight excluding hydrogens is 258 g/mol. The van der Waals surface area contributed by atoms with Gasteiger partial charge in [0.15, 0.2) is 0 Å². The molecule has 1 amide bonds. The molecule has 0 aromatic heterocycles. The summed E-state index contributed by atoms with van der Waals surface area (Å²) in [5, 5.41) is 3.55. The molecule has 0 saturated heterocycles. The molecule has 1 N–H and O–H groups in total. The Balaban J connectivity index is 4.68. The Bertz CT molecular complexity index is 290. The van der Waals surface area contributed by atoms with Crippen molar-refractivity contribution in [3.8, 4) is 0 Å². The second-order valence-electron chi connectivity index (χ2n) is 3.08. The Morgan fingerprint density at radius 2 is 1.53 bits per heavy atom. The number of carbonyl (C=O) groups is 1. The molecule has 0 heterocycles. The number of rotatable bonds is 2. The standard InChI is InChI=1S/C7H8F6N2O2/c1-3(2)15-17-5(16)14-4(6(8,9)10)7(11,12)13/h4H,1-2H3,(H,14,16). The third-order valence-corrected chi connectivity index (χ3v) is 1.23. The molecule has 0 aliphatic heterocycles. The molecule has 0 atom stereocenters. The van der Waals surface area contributed by atoms with Crippen LogP contribution in [-0.4, -0.2) is 30.2 Å². The summed E-state index contributed by atoms with van der Waals surface area (Å²) in [5.74, 6) is 0. The van der Waals surface area contributed by atoms with E-state index in [0.29, 0.717) is 5.32 Å². The van der Waals surface area contributed by atoms with Gasteiger partial charge < -0.3 is 0 Å². The van der Waals surface area contributed by atoms with Crippen molar-refractivity contribution in [3.05, 3.63) is 0 Å². The Hall–Kier alpha value is -1.48. The molecule has 0 unspecified atom stereocenters. The molecule has 0 saturated carbocycles. The van der Waals surface area contributed by atoms with E-state index >= 15 is 0 Å². The average molecular weight is 266 g/mol. The van der Waals surface area contributed by atoms with Crippen molar-refractivity contribution >= 4 is 11.8 Å². The number of halogens is 6. The van der Waals surface area contributed by atoms with Crippen LogP contribution in [0.2, 0.25) is 0 Å². The van der Waals surface area contributed by atoms with Gasteiger partial charge in [-0.3, -0.25) is 10.2 Å². The number of oxime groups is 1. The van der Waals surface area contributed by atoms with Crippen molar-refractivity contribution in [1.82, 2.24) is 5.32 Å². The minimum absolute atomic E-state index is 0.149. The fourth-order valence-electron chi connectivity index (χ4n) is 0.626. The third-order valence-electron chi connectivity index (χ3n) is 1.23. The number of alkyl halides is 6. The van der Waals surface area contributed by atoms with Crippen molar-refractivity contribution in [2.45, 2.75) is 32.2 Å². The van der Waals surface area contributed by atoms with Gasteiger partial charge in [0.25, 0.3) is 0 Å². The smallest absolute Gasteiger partial charge is 0.300 e. The van der Waals surface area contributed by atoms with E-state index in [0.717, 1.165) is 0 Å². The summed E-state index contributed by atoms with van der Waals surface area (Å²) >= 11 is 0. The largest absolute Gasteiger partial charge is 0.434 e. The topological polar surface area (TPSA) is 50.7 Å². The first-order chi connectivity index (χ1) is 7.44. The monoisotopic (exact) mass is 266 g/mol. The van der Waals surface area contributed by atoms with E-state index in [4.69, 9.17) is 0 Å². The molecule has 0 radical (unpaired) electrons. The van der Waals surface area contributed by atoms with E-state index in [1.807, 2.05) is 0 Å². The summed E-state index contributed by atoms with van der Waals surface area (Å²) in [7, 11) is 0. The Labute approximate surface area is 91.6 Å². The van der Waals surface area contributed by atoms with Crippen molar-refractivity contribution in [1.29, 1.82) is 0 Å². The molecule has 4 nitrogen and oxygen atoms in total. The van der Waals surface area contributed by atoms with Gasteiger partial charge >= 0.3 is 18.4 Å². The highest BCUT2D eigenvalue weighted by molar-refractivity contribution is 5.79. The lowest BCUT2D eigenvalue weighted by molar-refractivity contribution is -0.256. The number of amides is 1. The first kappa shape index (κ1) is 15.5. The maximum Gasteiger partial charge on any atom is 0.434 e. The van der Waals surface area contributed by atoms with E-state index in [2.05, 4.69) is 9.99 Å². The molecular formula is C7H8F6N2O2. The van der Waals surface area contributed by atoms with E-state index in [9.17, 15) is 31.1 Å². The molecule has 0 fully saturated rings. The highest BCUT2D eigenvalue weighted by Gasteiger charge is 2.57. The number of nitrogens with zero attached hydrogens (tertiary/aromatic N) is 1. The minimum Gasteiger partial charge on any atom is -0.300 e. The van der Waals surface area contributed by atoms with Gasteiger partial charge in [-0.1, -0.05) is 5.16 Å². The van der Waals surface area contributed by atoms with Crippen LogP contribution in [0.15, 0.2) is 5.16 Å². The minimum atomic E-state index is -5.66. The summed E-state index contributed by atoms with van der Waals surface area (Å²) < 4.78 is 71.7. The van der Waals surface area contributed by atoms with Gasteiger partial charge in [-0.2, -0.15) is 26.3 Å². The highest BCUT2D eigenvalue weighted by Crippen LogP contribution is 2.33. The SMILES string of the molecule is CC(C)=NOC(=O)NC(C(F)(F)F)C(F)(F)F. The zero-order valence-corrected chi connectivity index (χ0v) is 8.61. The van der Waals surface area contributed by atoms with Crippen LogP contribution in [0.4, 0.5) is 31.1 Å². The van der Waals surface area contributed by atoms with Crippen LogP contribution in [0.3, 0.4) is 0 Å². The Kier molecular flexibility index (Phi) is 4.78. The van der Waals surface area contributed by atoms with E-state index in [-0.39, 0.29) is 5.71 Å². The summed E-state index contributed by atoms with van der Waals surface area (Å²) in [5.41, 5.74) is 0.149. The summed E-state index contributed by atoms with van der Waals surface area (Å²) in [4.78, 5) is 14.4. The second-order valence-corrected chi connectivity index (χ2v) is 3.08.